The minimum atomic E-state index is 0.771. The lowest BCUT2D eigenvalue weighted by Crippen LogP contribution is -1.80. The molecule has 0 N–H and O–H groups in total. The monoisotopic (exact) mass is 152 g/mol. The summed E-state index contributed by atoms with van der Waals surface area (Å²) in [5.41, 5.74) is 1.64. The molecule has 0 aliphatic heterocycles. The van der Waals surface area contributed by atoms with Crippen LogP contribution in [-0.4, -0.2) is 4.37 Å². The number of aryl methyl sites for hydroxylation is 2. The van der Waals surface area contributed by atoms with E-state index in [-0.39, 0.29) is 0 Å². The van der Waals surface area contributed by atoms with Crippen LogP contribution in [0.5, 0.6) is 0 Å². The number of nitriles is 1. The molecule has 0 atom stereocenters. The van der Waals surface area contributed by atoms with Crippen molar-refractivity contribution >= 4 is 11.5 Å². The second kappa shape index (κ2) is 2.80. The molecule has 0 saturated carbocycles. The lowest BCUT2D eigenvalue weighted by molar-refractivity contribution is 1.16. The minimum Gasteiger partial charge on any atom is -0.196 e. The van der Waals surface area contributed by atoms with E-state index >= 15 is 0 Å². The normalized spacial score (nSPS) is 9.30. The van der Waals surface area contributed by atoms with Crippen LogP contribution in [-0.2, 0) is 6.42 Å². The molecule has 0 fully saturated rings. The first-order valence-corrected chi connectivity index (χ1v) is 3.92. The third kappa shape index (κ3) is 1.03. The van der Waals surface area contributed by atoms with Gasteiger partial charge < -0.3 is 0 Å². The lowest BCUT2D eigenvalue weighted by Gasteiger charge is -1.86. The van der Waals surface area contributed by atoms with Crippen molar-refractivity contribution in [1.29, 1.82) is 5.26 Å². The van der Waals surface area contributed by atoms with E-state index < -0.39 is 0 Å². The average Bonchev–Trinajstić information content (AvgIpc) is 2.30. The van der Waals surface area contributed by atoms with Crippen molar-refractivity contribution in [3.8, 4) is 6.07 Å². The first-order chi connectivity index (χ1) is 4.79. The van der Waals surface area contributed by atoms with Crippen LogP contribution in [0, 0.1) is 18.3 Å². The van der Waals surface area contributed by atoms with Gasteiger partial charge in [0.05, 0.1) is 11.3 Å². The Labute approximate surface area is 64.3 Å². The molecule has 0 aromatic carbocycles. The zero-order chi connectivity index (χ0) is 7.56. The maximum Gasteiger partial charge on any atom is 0.102 e. The van der Waals surface area contributed by atoms with Gasteiger partial charge in [-0.15, -0.1) is 0 Å². The number of aromatic nitrogens is 1. The van der Waals surface area contributed by atoms with Gasteiger partial charge in [0.1, 0.15) is 6.07 Å². The van der Waals surface area contributed by atoms with Gasteiger partial charge >= 0.3 is 0 Å². The predicted octanol–water partition coefficient (Wildman–Crippen LogP) is 1.89. The molecule has 0 unspecified atom stereocenters. The quantitative estimate of drug-likeness (QED) is 0.616. The Morgan fingerprint density at radius 3 is 2.80 bits per heavy atom. The highest BCUT2D eigenvalue weighted by Gasteiger charge is 2.06. The molecular weight excluding hydrogens is 144 g/mol. The van der Waals surface area contributed by atoms with Crippen LogP contribution in [0.4, 0.5) is 0 Å². The summed E-state index contributed by atoms with van der Waals surface area (Å²) in [6, 6.07) is 2.14. The van der Waals surface area contributed by atoms with E-state index in [1.807, 2.05) is 13.8 Å². The molecule has 1 aromatic rings. The van der Waals surface area contributed by atoms with Gasteiger partial charge in [0.15, 0.2) is 0 Å². The third-order valence-corrected chi connectivity index (χ3v) is 2.44. The fourth-order valence-corrected chi connectivity index (χ4v) is 1.55. The highest BCUT2D eigenvalue weighted by Crippen LogP contribution is 2.16. The van der Waals surface area contributed by atoms with Gasteiger partial charge in [0.25, 0.3) is 0 Å². The number of nitrogens with zero attached hydrogens (tertiary/aromatic N) is 2. The molecule has 0 amide bonds. The lowest BCUT2D eigenvalue weighted by atomic mass is 10.2. The smallest absolute Gasteiger partial charge is 0.102 e. The van der Waals surface area contributed by atoms with E-state index in [9.17, 15) is 0 Å². The van der Waals surface area contributed by atoms with Gasteiger partial charge in [0, 0.05) is 4.88 Å². The highest BCUT2D eigenvalue weighted by atomic mass is 32.1. The Bertz CT molecular complexity index is 270. The van der Waals surface area contributed by atoms with Crippen molar-refractivity contribution in [3.63, 3.8) is 0 Å². The molecule has 1 heterocycles. The molecule has 1 aromatic heterocycles. The predicted molar refractivity (Wildman–Crippen MR) is 40.9 cm³/mol. The maximum atomic E-state index is 8.64. The van der Waals surface area contributed by atoms with Crippen LogP contribution in [0.3, 0.4) is 0 Å². The summed E-state index contributed by atoms with van der Waals surface area (Å²) in [4.78, 5) is 1.10. The van der Waals surface area contributed by atoms with Crippen molar-refractivity contribution in [2.45, 2.75) is 20.3 Å². The highest BCUT2D eigenvalue weighted by molar-refractivity contribution is 7.06. The molecule has 0 saturated heterocycles. The Morgan fingerprint density at radius 1 is 1.70 bits per heavy atom. The van der Waals surface area contributed by atoms with Crippen molar-refractivity contribution in [2.75, 3.05) is 0 Å². The molecule has 0 aliphatic carbocycles. The summed E-state index contributed by atoms with van der Waals surface area (Å²) in [6.07, 6.45) is 0.911. The zero-order valence-corrected chi connectivity index (χ0v) is 6.83. The first-order valence-electron chi connectivity index (χ1n) is 3.14. The van der Waals surface area contributed by atoms with Gasteiger partial charge in [0.2, 0.25) is 0 Å². The van der Waals surface area contributed by atoms with Gasteiger partial charge in [-0.05, 0) is 24.9 Å². The van der Waals surface area contributed by atoms with Crippen LogP contribution >= 0.6 is 11.5 Å². The number of rotatable bonds is 1. The van der Waals surface area contributed by atoms with Crippen LogP contribution in [0.25, 0.3) is 0 Å². The van der Waals surface area contributed by atoms with E-state index in [0.717, 1.165) is 22.6 Å². The Morgan fingerprint density at radius 2 is 2.40 bits per heavy atom. The molecule has 52 valence electrons. The molecule has 0 aliphatic rings. The van der Waals surface area contributed by atoms with E-state index in [1.165, 1.54) is 11.5 Å². The Hall–Kier alpha value is -0.880. The Balaban J connectivity index is 3.17. The van der Waals surface area contributed by atoms with Crippen LogP contribution in [0.2, 0.25) is 0 Å². The molecule has 0 bridgehead atoms. The average molecular weight is 152 g/mol. The van der Waals surface area contributed by atoms with Crippen molar-refractivity contribution < 1.29 is 0 Å². The second-order valence-corrected chi connectivity index (χ2v) is 2.89. The van der Waals surface area contributed by atoms with E-state index in [1.54, 1.807) is 0 Å². The molecular formula is C7H8N2S. The van der Waals surface area contributed by atoms with Crippen molar-refractivity contribution in [3.05, 3.63) is 16.1 Å². The first kappa shape index (κ1) is 7.23. The molecule has 10 heavy (non-hydrogen) atoms. The van der Waals surface area contributed by atoms with E-state index in [0.29, 0.717) is 0 Å². The van der Waals surface area contributed by atoms with Gasteiger partial charge in [-0.1, -0.05) is 6.92 Å². The Kier molecular flexibility index (Phi) is 2.03. The molecule has 2 nitrogen and oxygen atoms in total. The van der Waals surface area contributed by atoms with Crippen LogP contribution in [0.1, 0.15) is 23.1 Å². The fraction of sp³-hybridized carbons (Fsp3) is 0.429. The van der Waals surface area contributed by atoms with E-state index in [2.05, 4.69) is 10.4 Å². The second-order valence-electron chi connectivity index (χ2n) is 2.03. The van der Waals surface area contributed by atoms with Gasteiger partial charge in [-0.25, -0.2) is 0 Å². The summed E-state index contributed by atoms with van der Waals surface area (Å²) in [5, 5.41) is 8.64. The summed E-state index contributed by atoms with van der Waals surface area (Å²) < 4.78 is 4.08. The zero-order valence-electron chi connectivity index (χ0n) is 6.01. The SMILES string of the molecule is CCc1snc(C)c1C#N. The van der Waals surface area contributed by atoms with Crippen LogP contribution in [0.15, 0.2) is 0 Å². The van der Waals surface area contributed by atoms with Gasteiger partial charge in [-0.3, -0.25) is 0 Å². The molecule has 0 spiro atoms. The minimum absolute atomic E-state index is 0.771. The molecule has 0 radical (unpaired) electrons. The topological polar surface area (TPSA) is 36.7 Å². The summed E-state index contributed by atoms with van der Waals surface area (Å²) in [6.45, 7) is 3.90. The molecule has 1 rings (SSSR count). The number of hydrogen-bond acceptors (Lipinski definition) is 3. The third-order valence-electron chi connectivity index (χ3n) is 1.37. The van der Waals surface area contributed by atoms with Crippen molar-refractivity contribution in [1.82, 2.24) is 4.37 Å². The van der Waals surface area contributed by atoms with E-state index in [4.69, 9.17) is 5.26 Å². The fourth-order valence-electron chi connectivity index (χ4n) is 0.801. The summed E-state index contributed by atoms with van der Waals surface area (Å²) in [7, 11) is 0. The summed E-state index contributed by atoms with van der Waals surface area (Å²) in [5.74, 6) is 0. The molecule has 3 heteroatoms. The number of hydrogen-bond donors (Lipinski definition) is 0. The van der Waals surface area contributed by atoms with Gasteiger partial charge in [-0.2, -0.15) is 9.64 Å². The van der Waals surface area contributed by atoms with Crippen LogP contribution < -0.4 is 0 Å². The largest absolute Gasteiger partial charge is 0.196 e. The van der Waals surface area contributed by atoms with Crippen molar-refractivity contribution in [2.24, 2.45) is 0 Å². The summed E-state index contributed by atoms with van der Waals surface area (Å²) >= 11 is 1.43. The maximum absolute atomic E-state index is 8.64. The standard InChI is InChI=1S/C7H8N2S/c1-3-7-6(4-8)5(2)9-10-7/h3H2,1-2H3.